The predicted molar refractivity (Wildman–Crippen MR) is 81.6 cm³/mol. The summed E-state index contributed by atoms with van der Waals surface area (Å²) in [6.07, 6.45) is 1.55. The van der Waals surface area contributed by atoms with E-state index in [1.165, 1.54) is 0 Å². The summed E-state index contributed by atoms with van der Waals surface area (Å²) in [7, 11) is 0. The number of hydrogen-bond acceptors (Lipinski definition) is 2. The second kappa shape index (κ2) is 6.35. The van der Waals surface area contributed by atoms with Gasteiger partial charge in [0.1, 0.15) is 0 Å². The lowest BCUT2D eigenvalue weighted by Gasteiger charge is -2.38. The van der Waals surface area contributed by atoms with Crippen LogP contribution in [-0.4, -0.2) is 35.1 Å². The van der Waals surface area contributed by atoms with Crippen LogP contribution in [-0.2, 0) is 4.79 Å². The number of carbonyl (C=O) groups excluding carboxylic acids is 1. The van der Waals surface area contributed by atoms with E-state index in [0.29, 0.717) is 43.1 Å². The molecule has 0 radical (unpaired) electrons. The SMILES string of the molecule is CCC1(C(=O)O)CCN(C(=O)Nc2ccccc2Cl)CC1. The smallest absolute Gasteiger partial charge is 0.321 e. The first kappa shape index (κ1) is 15.6. The molecule has 5 nitrogen and oxygen atoms in total. The van der Waals surface area contributed by atoms with E-state index in [1.54, 1.807) is 29.2 Å². The van der Waals surface area contributed by atoms with Gasteiger partial charge in [-0.15, -0.1) is 0 Å². The Bertz CT molecular complexity index is 539. The Kier molecular flexibility index (Phi) is 4.73. The Labute approximate surface area is 128 Å². The average molecular weight is 311 g/mol. The minimum Gasteiger partial charge on any atom is -0.481 e. The van der Waals surface area contributed by atoms with Crippen molar-refractivity contribution in [2.45, 2.75) is 26.2 Å². The minimum atomic E-state index is -0.767. The second-order valence-electron chi connectivity index (χ2n) is 5.34. The molecule has 0 spiro atoms. The van der Waals surface area contributed by atoms with Crippen LogP contribution in [0.1, 0.15) is 26.2 Å². The molecular formula is C15H19ClN2O3. The molecule has 1 fully saturated rings. The van der Waals surface area contributed by atoms with Gasteiger partial charge in [-0.3, -0.25) is 4.79 Å². The van der Waals surface area contributed by atoms with Gasteiger partial charge in [0.25, 0.3) is 0 Å². The molecule has 1 aromatic carbocycles. The van der Waals surface area contributed by atoms with Crippen LogP contribution in [0.25, 0.3) is 0 Å². The standard InChI is InChI=1S/C15H19ClN2O3/c1-2-15(13(19)20)7-9-18(10-8-15)14(21)17-12-6-4-3-5-11(12)16/h3-6H,2,7-10H2,1H3,(H,17,21)(H,19,20). The molecule has 1 aliphatic rings. The van der Waals surface area contributed by atoms with Gasteiger partial charge in [0, 0.05) is 13.1 Å². The number of likely N-dealkylation sites (tertiary alicyclic amines) is 1. The van der Waals surface area contributed by atoms with E-state index >= 15 is 0 Å². The highest BCUT2D eigenvalue weighted by Crippen LogP contribution is 2.35. The summed E-state index contributed by atoms with van der Waals surface area (Å²) in [5.41, 5.74) is -0.129. The van der Waals surface area contributed by atoms with Crippen molar-refractivity contribution in [1.29, 1.82) is 0 Å². The van der Waals surface area contributed by atoms with Crippen LogP contribution in [0.2, 0.25) is 5.02 Å². The summed E-state index contributed by atoms with van der Waals surface area (Å²) in [6, 6.07) is 6.79. The van der Waals surface area contributed by atoms with Crippen LogP contribution in [0.4, 0.5) is 10.5 Å². The molecule has 0 atom stereocenters. The van der Waals surface area contributed by atoms with Crippen molar-refractivity contribution in [2.75, 3.05) is 18.4 Å². The maximum atomic E-state index is 12.2. The zero-order valence-corrected chi connectivity index (χ0v) is 12.7. The van der Waals surface area contributed by atoms with Crippen LogP contribution in [0.15, 0.2) is 24.3 Å². The average Bonchev–Trinajstić information content (AvgIpc) is 2.49. The number of carbonyl (C=O) groups is 2. The summed E-state index contributed by atoms with van der Waals surface area (Å²) in [5.74, 6) is -0.767. The minimum absolute atomic E-state index is 0.238. The molecule has 2 amide bonds. The molecule has 21 heavy (non-hydrogen) atoms. The molecule has 0 bridgehead atoms. The van der Waals surface area contributed by atoms with Crippen molar-refractivity contribution in [3.05, 3.63) is 29.3 Å². The molecule has 1 aliphatic heterocycles. The van der Waals surface area contributed by atoms with Gasteiger partial charge < -0.3 is 15.3 Å². The number of piperidine rings is 1. The highest BCUT2D eigenvalue weighted by atomic mass is 35.5. The van der Waals surface area contributed by atoms with E-state index < -0.39 is 11.4 Å². The Hall–Kier alpha value is -1.75. The van der Waals surface area contributed by atoms with Gasteiger partial charge in [-0.2, -0.15) is 0 Å². The third kappa shape index (κ3) is 3.29. The van der Waals surface area contributed by atoms with Crippen molar-refractivity contribution in [2.24, 2.45) is 5.41 Å². The van der Waals surface area contributed by atoms with E-state index in [4.69, 9.17) is 11.6 Å². The first-order valence-electron chi connectivity index (χ1n) is 7.02. The van der Waals surface area contributed by atoms with E-state index in [1.807, 2.05) is 6.92 Å². The van der Waals surface area contributed by atoms with Gasteiger partial charge >= 0.3 is 12.0 Å². The zero-order valence-electron chi connectivity index (χ0n) is 11.9. The molecule has 1 heterocycles. The van der Waals surface area contributed by atoms with Crippen LogP contribution in [0, 0.1) is 5.41 Å². The number of rotatable bonds is 3. The van der Waals surface area contributed by atoms with Gasteiger partial charge in [-0.1, -0.05) is 30.7 Å². The van der Waals surface area contributed by atoms with Gasteiger partial charge in [0.15, 0.2) is 0 Å². The van der Waals surface area contributed by atoms with E-state index in [0.717, 1.165) is 0 Å². The fourth-order valence-electron chi connectivity index (χ4n) is 2.61. The highest BCUT2D eigenvalue weighted by Gasteiger charge is 2.40. The molecule has 0 saturated carbocycles. The first-order valence-corrected chi connectivity index (χ1v) is 7.40. The molecule has 2 N–H and O–H groups in total. The molecular weight excluding hydrogens is 292 g/mol. The van der Waals surface area contributed by atoms with Crippen LogP contribution >= 0.6 is 11.6 Å². The number of benzene rings is 1. The number of carboxylic acid groups (broad SMARTS) is 1. The topological polar surface area (TPSA) is 69.6 Å². The number of nitrogens with zero attached hydrogens (tertiary/aromatic N) is 1. The third-order valence-electron chi connectivity index (χ3n) is 4.25. The number of halogens is 1. The number of amides is 2. The Morgan fingerprint density at radius 2 is 1.95 bits per heavy atom. The predicted octanol–water partition coefficient (Wildman–Crippen LogP) is 3.45. The fourth-order valence-corrected chi connectivity index (χ4v) is 2.80. The molecule has 114 valence electrons. The van der Waals surface area contributed by atoms with Crippen LogP contribution < -0.4 is 5.32 Å². The van der Waals surface area contributed by atoms with Crippen molar-refractivity contribution in [1.82, 2.24) is 4.90 Å². The van der Waals surface area contributed by atoms with Crippen molar-refractivity contribution >= 4 is 29.3 Å². The van der Waals surface area contributed by atoms with E-state index in [9.17, 15) is 14.7 Å². The Balaban J connectivity index is 1.98. The van der Waals surface area contributed by atoms with E-state index in [-0.39, 0.29) is 6.03 Å². The van der Waals surface area contributed by atoms with Crippen LogP contribution in [0.5, 0.6) is 0 Å². The van der Waals surface area contributed by atoms with Crippen molar-refractivity contribution in [3.63, 3.8) is 0 Å². The number of urea groups is 1. The number of hydrogen-bond donors (Lipinski definition) is 2. The lowest BCUT2D eigenvalue weighted by molar-refractivity contribution is -0.151. The van der Waals surface area contributed by atoms with Gasteiger partial charge in [0.05, 0.1) is 16.1 Å². The highest BCUT2D eigenvalue weighted by molar-refractivity contribution is 6.33. The number of carboxylic acids is 1. The van der Waals surface area contributed by atoms with Gasteiger partial charge in [-0.05, 0) is 31.4 Å². The molecule has 1 saturated heterocycles. The summed E-state index contributed by atoms with van der Waals surface area (Å²) < 4.78 is 0. The second-order valence-corrected chi connectivity index (χ2v) is 5.74. The Morgan fingerprint density at radius 1 is 1.33 bits per heavy atom. The van der Waals surface area contributed by atoms with Crippen molar-refractivity contribution in [3.8, 4) is 0 Å². The molecule has 0 unspecified atom stereocenters. The van der Waals surface area contributed by atoms with Gasteiger partial charge in [-0.25, -0.2) is 4.79 Å². The molecule has 0 aromatic heterocycles. The monoisotopic (exact) mass is 310 g/mol. The summed E-state index contributed by atoms with van der Waals surface area (Å²) in [6.45, 7) is 2.76. The largest absolute Gasteiger partial charge is 0.481 e. The number of anilines is 1. The zero-order chi connectivity index (χ0) is 15.5. The fraction of sp³-hybridized carbons (Fsp3) is 0.467. The quantitative estimate of drug-likeness (QED) is 0.898. The lowest BCUT2D eigenvalue weighted by atomic mass is 9.76. The molecule has 2 rings (SSSR count). The molecule has 6 heteroatoms. The van der Waals surface area contributed by atoms with Crippen molar-refractivity contribution < 1.29 is 14.7 Å². The van der Waals surface area contributed by atoms with Gasteiger partial charge in [0.2, 0.25) is 0 Å². The number of nitrogens with one attached hydrogen (secondary N) is 1. The normalized spacial score (nSPS) is 17.3. The number of para-hydroxylation sites is 1. The third-order valence-corrected chi connectivity index (χ3v) is 4.58. The lowest BCUT2D eigenvalue weighted by Crippen LogP contribution is -2.47. The van der Waals surface area contributed by atoms with E-state index in [2.05, 4.69) is 5.32 Å². The summed E-state index contributed by atoms with van der Waals surface area (Å²) in [5, 5.41) is 12.6. The summed E-state index contributed by atoms with van der Waals surface area (Å²) in [4.78, 5) is 25.2. The maximum absolute atomic E-state index is 12.2. The molecule has 1 aromatic rings. The first-order chi connectivity index (χ1) is 9.98. The Morgan fingerprint density at radius 3 is 2.48 bits per heavy atom. The maximum Gasteiger partial charge on any atom is 0.321 e. The van der Waals surface area contributed by atoms with Crippen LogP contribution in [0.3, 0.4) is 0 Å². The molecule has 0 aliphatic carbocycles. The summed E-state index contributed by atoms with van der Waals surface area (Å²) >= 11 is 6.01. The number of aliphatic carboxylic acids is 1.